The zero-order chi connectivity index (χ0) is 4.99. The van der Waals surface area contributed by atoms with Gasteiger partial charge in [-0.3, -0.25) is 11.3 Å². The maximum atomic E-state index is 5.20. The first-order valence-electron chi connectivity index (χ1n) is 1.49. The molecule has 0 aromatic carbocycles. The Morgan fingerprint density at radius 1 is 1.67 bits per heavy atom. The van der Waals surface area contributed by atoms with E-state index in [0.717, 1.165) is 0 Å². The topological polar surface area (TPSA) is 38.0 Å². The SMILES string of the molecule is NNCC(Cl)Cl. The van der Waals surface area contributed by atoms with Gasteiger partial charge >= 0.3 is 0 Å². The summed E-state index contributed by atoms with van der Waals surface area (Å²) in [5.41, 5.74) is 2.30. The Morgan fingerprint density at radius 3 is 2.17 bits per heavy atom. The van der Waals surface area contributed by atoms with E-state index in [1.54, 1.807) is 0 Å². The minimum atomic E-state index is -0.394. The van der Waals surface area contributed by atoms with Gasteiger partial charge in [-0.1, -0.05) is 0 Å². The molecule has 0 saturated carbocycles. The summed E-state index contributed by atoms with van der Waals surface area (Å²) in [6, 6.07) is 0. The number of nitrogens with one attached hydrogen (secondary N) is 1. The number of hydrazine groups is 1. The number of rotatable bonds is 2. The highest BCUT2D eigenvalue weighted by molar-refractivity contribution is 6.44. The standard InChI is InChI=1S/C2H6Cl2N2/c3-2(4)1-6-5/h2,6H,1,5H2. The fourth-order valence-electron chi connectivity index (χ4n) is 0.0891. The summed E-state index contributed by atoms with van der Waals surface area (Å²) in [6.07, 6.45) is 0. The van der Waals surface area contributed by atoms with Gasteiger partial charge in [-0.2, -0.15) is 0 Å². The molecule has 0 unspecified atom stereocenters. The molecular formula is C2H6Cl2N2. The summed E-state index contributed by atoms with van der Waals surface area (Å²) in [6.45, 7) is 0.434. The number of alkyl halides is 2. The van der Waals surface area contributed by atoms with Crippen molar-refractivity contribution in [3.8, 4) is 0 Å². The van der Waals surface area contributed by atoms with Crippen LogP contribution >= 0.6 is 23.2 Å². The Kier molecular flexibility index (Phi) is 3.99. The Balaban J connectivity index is 2.63. The summed E-state index contributed by atoms with van der Waals surface area (Å²) in [4.78, 5) is -0.394. The number of halogens is 2. The minimum absolute atomic E-state index is 0.394. The van der Waals surface area contributed by atoms with Gasteiger partial charge in [-0.15, -0.1) is 23.2 Å². The van der Waals surface area contributed by atoms with Crippen LogP contribution in [0.15, 0.2) is 0 Å². The Morgan fingerprint density at radius 2 is 2.17 bits per heavy atom. The molecule has 6 heavy (non-hydrogen) atoms. The number of hydrogen-bond acceptors (Lipinski definition) is 2. The summed E-state index contributed by atoms with van der Waals surface area (Å²) < 4.78 is 0. The van der Waals surface area contributed by atoms with Gasteiger partial charge in [0, 0.05) is 6.54 Å². The van der Waals surface area contributed by atoms with Crippen molar-refractivity contribution < 1.29 is 0 Å². The van der Waals surface area contributed by atoms with E-state index in [-0.39, 0.29) is 0 Å². The van der Waals surface area contributed by atoms with E-state index in [1.807, 2.05) is 0 Å². The van der Waals surface area contributed by atoms with Crippen LogP contribution in [0.1, 0.15) is 0 Å². The fraction of sp³-hybridized carbons (Fsp3) is 1.00. The average Bonchev–Trinajstić information content (AvgIpc) is 1.35. The second kappa shape index (κ2) is 3.68. The van der Waals surface area contributed by atoms with Crippen molar-refractivity contribution in [1.29, 1.82) is 0 Å². The van der Waals surface area contributed by atoms with E-state index in [2.05, 4.69) is 5.43 Å². The Labute approximate surface area is 46.6 Å². The van der Waals surface area contributed by atoms with Crippen molar-refractivity contribution >= 4 is 23.2 Å². The zero-order valence-corrected chi connectivity index (χ0v) is 4.63. The monoisotopic (exact) mass is 128 g/mol. The van der Waals surface area contributed by atoms with Gasteiger partial charge in [0.1, 0.15) is 4.84 Å². The Bertz CT molecular complexity index is 30.7. The second-order valence-electron chi connectivity index (χ2n) is 0.799. The van der Waals surface area contributed by atoms with Gasteiger partial charge in [-0.05, 0) is 0 Å². The maximum absolute atomic E-state index is 5.20. The fourth-order valence-corrected chi connectivity index (χ4v) is 0.267. The van der Waals surface area contributed by atoms with Crippen molar-refractivity contribution in [2.45, 2.75) is 4.84 Å². The molecule has 0 saturated heterocycles. The van der Waals surface area contributed by atoms with E-state index in [9.17, 15) is 0 Å². The van der Waals surface area contributed by atoms with E-state index >= 15 is 0 Å². The highest BCUT2D eigenvalue weighted by atomic mass is 35.5. The molecule has 38 valence electrons. The molecule has 0 heterocycles. The van der Waals surface area contributed by atoms with Crippen molar-refractivity contribution in [3.63, 3.8) is 0 Å². The zero-order valence-electron chi connectivity index (χ0n) is 3.12. The number of hydrogen-bond donors (Lipinski definition) is 2. The molecular weight excluding hydrogens is 123 g/mol. The molecule has 0 rings (SSSR count). The van der Waals surface area contributed by atoms with Crippen LogP contribution in [0.3, 0.4) is 0 Å². The summed E-state index contributed by atoms with van der Waals surface area (Å²) in [5, 5.41) is 0. The maximum Gasteiger partial charge on any atom is 0.121 e. The van der Waals surface area contributed by atoms with Crippen LogP contribution in [-0.2, 0) is 0 Å². The first-order chi connectivity index (χ1) is 2.77. The molecule has 0 fully saturated rings. The molecule has 0 aliphatic heterocycles. The molecule has 0 atom stereocenters. The molecule has 0 aliphatic carbocycles. The van der Waals surface area contributed by atoms with Gasteiger partial charge in [0.2, 0.25) is 0 Å². The lowest BCUT2D eigenvalue weighted by Crippen LogP contribution is -2.26. The largest absolute Gasteiger partial charge is 0.271 e. The van der Waals surface area contributed by atoms with Crippen LogP contribution in [-0.4, -0.2) is 11.4 Å². The van der Waals surface area contributed by atoms with Crippen molar-refractivity contribution in [2.24, 2.45) is 5.84 Å². The molecule has 0 radical (unpaired) electrons. The molecule has 0 bridgehead atoms. The van der Waals surface area contributed by atoms with E-state index < -0.39 is 4.84 Å². The molecule has 0 amide bonds. The summed E-state index contributed by atoms with van der Waals surface area (Å²) in [7, 11) is 0. The third-order valence-electron chi connectivity index (χ3n) is 0.272. The predicted molar refractivity (Wildman–Crippen MR) is 27.7 cm³/mol. The van der Waals surface area contributed by atoms with E-state index in [1.165, 1.54) is 0 Å². The van der Waals surface area contributed by atoms with Gasteiger partial charge in [0.25, 0.3) is 0 Å². The molecule has 4 heteroatoms. The molecule has 0 aliphatic rings. The molecule has 3 N–H and O–H groups in total. The highest BCUT2D eigenvalue weighted by Gasteiger charge is 1.90. The first-order valence-corrected chi connectivity index (χ1v) is 2.36. The van der Waals surface area contributed by atoms with Crippen LogP contribution in [0, 0.1) is 0 Å². The van der Waals surface area contributed by atoms with Gasteiger partial charge in [-0.25, -0.2) is 0 Å². The van der Waals surface area contributed by atoms with Crippen LogP contribution in [0.2, 0.25) is 0 Å². The summed E-state index contributed by atoms with van der Waals surface area (Å²) >= 11 is 10.4. The third-order valence-corrected chi connectivity index (χ3v) is 0.581. The lowest BCUT2D eigenvalue weighted by molar-refractivity contribution is 0.766. The first kappa shape index (κ1) is 6.50. The molecule has 0 spiro atoms. The molecule has 2 nitrogen and oxygen atoms in total. The lowest BCUT2D eigenvalue weighted by atomic mass is 10.8. The smallest absolute Gasteiger partial charge is 0.121 e. The van der Waals surface area contributed by atoms with Gasteiger partial charge in [0.05, 0.1) is 0 Å². The Hall–Kier alpha value is 0.500. The quantitative estimate of drug-likeness (QED) is 0.318. The second-order valence-corrected chi connectivity index (χ2v) is 2.08. The van der Waals surface area contributed by atoms with Crippen LogP contribution in [0.25, 0.3) is 0 Å². The lowest BCUT2D eigenvalue weighted by Gasteiger charge is -1.93. The third kappa shape index (κ3) is 4.50. The highest BCUT2D eigenvalue weighted by Crippen LogP contribution is 1.96. The molecule has 0 aromatic rings. The number of nitrogens with two attached hydrogens (primary N) is 1. The predicted octanol–water partition coefficient (Wildman–Crippen LogP) is 0.253. The normalized spacial score (nSPS) is 10.0. The average molecular weight is 129 g/mol. The molecule has 0 aromatic heterocycles. The van der Waals surface area contributed by atoms with Gasteiger partial charge in [0.15, 0.2) is 0 Å². The van der Waals surface area contributed by atoms with Crippen molar-refractivity contribution in [1.82, 2.24) is 5.43 Å². The van der Waals surface area contributed by atoms with Crippen molar-refractivity contribution in [2.75, 3.05) is 6.54 Å². The van der Waals surface area contributed by atoms with E-state index in [0.29, 0.717) is 6.54 Å². The van der Waals surface area contributed by atoms with Crippen LogP contribution in [0.5, 0.6) is 0 Å². The summed E-state index contributed by atoms with van der Waals surface area (Å²) in [5.74, 6) is 4.81. The van der Waals surface area contributed by atoms with Crippen LogP contribution in [0.4, 0.5) is 0 Å². The van der Waals surface area contributed by atoms with Crippen LogP contribution < -0.4 is 11.3 Å². The van der Waals surface area contributed by atoms with Crippen molar-refractivity contribution in [3.05, 3.63) is 0 Å². The van der Waals surface area contributed by atoms with E-state index in [4.69, 9.17) is 29.0 Å². The minimum Gasteiger partial charge on any atom is -0.271 e. The van der Waals surface area contributed by atoms with Gasteiger partial charge < -0.3 is 0 Å².